The van der Waals surface area contributed by atoms with Crippen molar-refractivity contribution in [2.24, 2.45) is 0 Å². The van der Waals surface area contributed by atoms with Gasteiger partial charge in [0.15, 0.2) is 0 Å². The van der Waals surface area contributed by atoms with Crippen LogP contribution in [-0.4, -0.2) is 49.5 Å². The predicted octanol–water partition coefficient (Wildman–Crippen LogP) is 3.06. The highest BCUT2D eigenvalue weighted by molar-refractivity contribution is 7.92. The van der Waals surface area contributed by atoms with Crippen LogP contribution in [-0.2, 0) is 26.2 Å². The highest BCUT2D eigenvalue weighted by atomic mass is 32.2. The number of amides is 2. The summed E-state index contributed by atoms with van der Waals surface area (Å²) in [6.45, 7) is 5.73. The van der Waals surface area contributed by atoms with Gasteiger partial charge in [-0.05, 0) is 45.9 Å². The maximum absolute atomic E-state index is 14.3. The Morgan fingerprint density at radius 3 is 2.06 bits per heavy atom. The van der Waals surface area contributed by atoms with Crippen LogP contribution in [0, 0.1) is 11.6 Å². The molecule has 0 aliphatic heterocycles. The number of nitrogens with zero attached hydrogens (tertiary/aromatic N) is 2. The molecule has 1 atom stereocenters. The molecule has 0 aromatic heterocycles. The van der Waals surface area contributed by atoms with E-state index in [2.05, 4.69) is 5.32 Å². The normalized spacial score (nSPS) is 12.7. The van der Waals surface area contributed by atoms with E-state index in [1.54, 1.807) is 26.8 Å². The van der Waals surface area contributed by atoms with E-state index in [9.17, 15) is 26.8 Å². The molecule has 0 heterocycles. The van der Waals surface area contributed by atoms with Crippen molar-refractivity contribution in [2.45, 2.75) is 45.8 Å². The molecule has 2 aromatic rings. The van der Waals surface area contributed by atoms with Gasteiger partial charge < -0.3 is 10.2 Å². The van der Waals surface area contributed by atoms with Gasteiger partial charge in [-0.2, -0.15) is 0 Å². The molecule has 2 amide bonds. The van der Waals surface area contributed by atoms with Gasteiger partial charge in [0.1, 0.15) is 24.2 Å². The van der Waals surface area contributed by atoms with Crippen LogP contribution in [0.4, 0.5) is 14.5 Å². The van der Waals surface area contributed by atoms with Crippen LogP contribution in [0.3, 0.4) is 0 Å². The number of nitrogens with one attached hydrogen (secondary N) is 1. The maximum Gasteiger partial charge on any atom is 0.244 e. The number of rotatable bonds is 8. The number of sulfonamides is 1. The molecule has 1 N–H and O–H groups in total. The topological polar surface area (TPSA) is 86.8 Å². The van der Waals surface area contributed by atoms with E-state index in [1.165, 1.54) is 43.3 Å². The van der Waals surface area contributed by atoms with Gasteiger partial charge in [-0.15, -0.1) is 0 Å². The predicted molar refractivity (Wildman–Crippen MR) is 123 cm³/mol. The second-order valence-corrected chi connectivity index (χ2v) is 10.7. The highest BCUT2D eigenvalue weighted by Gasteiger charge is 2.32. The molecule has 180 valence electrons. The molecule has 7 nitrogen and oxygen atoms in total. The standard InChI is InChI=1S/C23H29F2N3O4S/c1-16(22(30)26-23(2,3)4)27(14-17-10-6-7-11-18(17)24)21(29)15-28(33(5,31)32)20-13-9-8-12-19(20)25/h6-13,16H,14-15H2,1-5H3,(H,26,30)/t16-/m1/s1. The zero-order chi connectivity index (χ0) is 25.0. The third-order valence-corrected chi connectivity index (χ3v) is 5.89. The number of para-hydroxylation sites is 1. The molecule has 0 saturated heterocycles. The van der Waals surface area contributed by atoms with Crippen molar-refractivity contribution in [3.05, 3.63) is 65.7 Å². The molecule has 2 rings (SSSR count). The first kappa shape index (κ1) is 26.2. The van der Waals surface area contributed by atoms with Crippen molar-refractivity contribution in [1.29, 1.82) is 0 Å². The smallest absolute Gasteiger partial charge is 0.244 e. The number of benzene rings is 2. The molecule has 0 radical (unpaired) electrons. The Bertz CT molecular complexity index is 1120. The van der Waals surface area contributed by atoms with E-state index in [0.717, 1.165) is 17.2 Å². The van der Waals surface area contributed by atoms with Crippen molar-refractivity contribution in [1.82, 2.24) is 10.2 Å². The van der Waals surface area contributed by atoms with Crippen LogP contribution in [0.1, 0.15) is 33.3 Å². The SMILES string of the molecule is C[C@H](C(=O)NC(C)(C)C)N(Cc1ccccc1F)C(=O)CN(c1ccccc1F)S(C)(=O)=O. The number of carbonyl (C=O) groups is 2. The van der Waals surface area contributed by atoms with E-state index >= 15 is 0 Å². The molecular weight excluding hydrogens is 452 g/mol. The number of halogens is 2. The second kappa shape index (κ2) is 10.3. The van der Waals surface area contributed by atoms with Crippen LogP contribution in [0.5, 0.6) is 0 Å². The molecule has 33 heavy (non-hydrogen) atoms. The maximum atomic E-state index is 14.3. The van der Waals surface area contributed by atoms with E-state index in [1.807, 2.05) is 0 Å². The summed E-state index contributed by atoms with van der Waals surface area (Å²) in [4.78, 5) is 27.2. The van der Waals surface area contributed by atoms with Crippen molar-refractivity contribution in [3.8, 4) is 0 Å². The Hall–Kier alpha value is -3.01. The average molecular weight is 482 g/mol. The first-order valence-electron chi connectivity index (χ1n) is 10.3. The summed E-state index contributed by atoms with van der Waals surface area (Å²) in [6, 6.07) is 9.86. The van der Waals surface area contributed by atoms with Crippen molar-refractivity contribution >= 4 is 27.5 Å². The van der Waals surface area contributed by atoms with Gasteiger partial charge in [-0.3, -0.25) is 13.9 Å². The van der Waals surface area contributed by atoms with Gasteiger partial charge >= 0.3 is 0 Å². The average Bonchev–Trinajstić information content (AvgIpc) is 2.69. The van der Waals surface area contributed by atoms with E-state index < -0.39 is 51.6 Å². The third kappa shape index (κ3) is 7.24. The second-order valence-electron chi connectivity index (χ2n) is 8.75. The first-order chi connectivity index (χ1) is 15.2. The molecule has 0 fully saturated rings. The summed E-state index contributed by atoms with van der Waals surface area (Å²) in [5.74, 6) is -2.69. The Morgan fingerprint density at radius 1 is 1.00 bits per heavy atom. The van der Waals surface area contributed by atoms with Crippen molar-refractivity contribution in [2.75, 3.05) is 17.1 Å². The summed E-state index contributed by atoms with van der Waals surface area (Å²) in [7, 11) is -4.05. The minimum atomic E-state index is -4.05. The molecule has 0 unspecified atom stereocenters. The lowest BCUT2D eigenvalue weighted by atomic mass is 10.1. The Morgan fingerprint density at radius 2 is 1.55 bits per heavy atom. The molecule has 2 aromatic carbocycles. The number of hydrogen-bond donors (Lipinski definition) is 1. The lowest BCUT2D eigenvalue weighted by Gasteiger charge is -2.33. The molecule has 10 heteroatoms. The fourth-order valence-corrected chi connectivity index (χ4v) is 3.97. The van der Waals surface area contributed by atoms with Gasteiger partial charge in [-0.1, -0.05) is 30.3 Å². The molecule has 0 aliphatic carbocycles. The van der Waals surface area contributed by atoms with Gasteiger partial charge in [0.05, 0.1) is 11.9 Å². The minimum Gasteiger partial charge on any atom is -0.350 e. The lowest BCUT2D eigenvalue weighted by Crippen LogP contribution is -2.54. The summed E-state index contributed by atoms with van der Waals surface area (Å²) in [5.41, 5.74) is -0.742. The van der Waals surface area contributed by atoms with Crippen LogP contribution < -0.4 is 9.62 Å². The largest absolute Gasteiger partial charge is 0.350 e. The lowest BCUT2D eigenvalue weighted by molar-refractivity contribution is -0.140. The number of hydrogen-bond acceptors (Lipinski definition) is 4. The summed E-state index contributed by atoms with van der Waals surface area (Å²) < 4.78 is 54.1. The van der Waals surface area contributed by atoms with Crippen molar-refractivity contribution < 1.29 is 26.8 Å². The van der Waals surface area contributed by atoms with E-state index in [0.29, 0.717) is 4.31 Å². The molecular formula is C23H29F2N3O4S. The number of anilines is 1. The van der Waals surface area contributed by atoms with Crippen LogP contribution in [0.25, 0.3) is 0 Å². The van der Waals surface area contributed by atoms with E-state index in [-0.39, 0.29) is 17.8 Å². The Balaban J connectivity index is 2.43. The van der Waals surface area contributed by atoms with Gasteiger partial charge in [-0.25, -0.2) is 17.2 Å². The van der Waals surface area contributed by atoms with Crippen LogP contribution >= 0.6 is 0 Å². The molecule has 0 saturated carbocycles. The fourth-order valence-electron chi connectivity index (χ4n) is 3.12. The summed E-state index contributed by atoms with van der Waals surface area (Å²) in [5, 5.41) is 2.76. The van der Waals surface area contributed by atoms with Gasteiger partial charge in [0, 0.05) is 17.6 Å². The molecule has 0 bridgehead atoms. The monoisotopic (exact) mass is 481 g/mol. The van der Waals surface area contributed by atoms with Gasteiger partial charge in [0.25, 0.3) is 0 Å². The first-order valence-corrected chi connectivity index (χ1v) is 12.1. The molecule has 0 spiro atoms. The third-order valence-electron chi connectivity index (χ3n) is 4.76. The highest BCUT2D eigenvalue weighted by Crippen LogP contribution is 2.22. The van der Waals surface area contributed by atoms with Gasteiger partial charge in [0.2, 0.25) is 21.8 Å². The van der Waals surface area contributed by atoms with Crippen LogP contribution in [0.15, 0.2) is 48.5 Å². The fraction of sp³-hybridized carbons (Fsp3) is 0.391. The quantitative estimate of drug-likeness (QED) is 0.628. The van der Waals surface area contributed by atoms with Crippen LogP contribution in [0.2, 0.25) is 0 Å². The van der Waals surface area contributed by atoms with Crippen molar-refractivity contribution in [3.63, 3.8) is 0 Å². The van der Waals surface area contributed by atoms with E-state index in [4.69, 9.17) is 0 Å². The summed E-state index contributed by atoms with van der Waals surface area (Å²) >= 11 is 0. The zero-order valence-electron chi connectivity index (χ0n) is 19.3. The zero-order valence-corrected chi connectivity index (χ0v) is 20.1. The minimum absolute atomic E-state index is 0.151. The Kier molecular flexibility index (Phi) is 8.18. The molecule has 0 aliphatic rings. The number of carbonyl (C=O) groups excluding carboxylic acids is 2. The summed E-state index contributed by atoms with van der Waals surface area (Å²) in [6.07, 6.45) is 0.851. The Labute approximate surface area is 193 Å².